The molecule has 0 amide bonds. The van der Waals surface area contributed by atoms with E-state index in [-0.39, 0.29) is 49.1 Å². The molecule has 9 heteroatoms. The van der Waals surface area contributed by atoms with Crippen LogP contribution in [-0.4, -0.2) is 29.9 Å². The van der Waals surface area contributed by atoms with E-state index in [1.807, 2.05) is 0 Å². The molecule has 0 saturated carbocycles. The average Bonchev–Trinajstić information content (AvgIpc) is 2.47. The van der Waals surface area contributed by atoms with Crippen molar-refractivity contribution in [2.24, 2.45) is 0 Å². The van der Waals surface area contributed by atoms with Crippen LogP contribution in [0.3, 0.4) is 0 Å². The summed E-state index contributed by atoms with van der Waals surface area (Å²) in [7, 11) is 0. The fraction of sp³-hybridized carbons (Fsp3) is 0.231. The molecule has 0 spiro atoms. The van der Waals surface area contributed by atoms with Crippen molar-refractivity contribution in [3.63, 3.8) is 0 Å². The Morgan fingerprint density at radius 1 is 1.41 bits per heavy atom. The average molecular weight is 299 g/mol. The fourth-order valence-electron chi connectivity index (χ4n) is 1.80. The summed E-state index contributed by atoms with van der Waals surface area (Å²) in [4.78, 5) is 33.2. The number of ketones is 1. The molecule has 0 aliphatic carbocycles. The van der Waals surface area contributed by atoms with E-state index in [0.29, 0.717) is 0 Å². The molecule has 8 nitrogen and oxygen atoms in total. The van der Waals surface area contributed by atoms with Crippen LogP contribution in [0, 0.1) is 10.1 Å². The van der Waals surface area contributed by atoms with Gasteiger partial charge in [-0.15, -0.1) is 0 Å². The molecule has 1 aromatic rings. The zero-order chi connectivity index (χ0) is 15.6. The summed E-state index contributed by atoms with van der Waals surface area (Å²) < 4.78 is 9.71. The second-order valence-corrected chi connectivity index (χ2v) is 4.08. The number of nitro groups is 1. The number of hydrogen-bond donors (Lipinski definition) is 0. The van der Waals surface area contributed by atoms with Gasteiger partial charge in [0.25, 0.3) is 11.5 Å². The van der Waals surface area contributed by atoms with Crippen LogP contribution >= 0.6 is 0 Å². The Kier molecular flexibility index (Phi) is 5.74. The molecule has 0 fully saturated rings. The Balaban J connectivity index is 0.00000242. The number of carbonyl (C=O) groups is 2. The number of carbonyl (C=O) groups excluding carboxylic acids is 2. The van der Waals surface area contributed by atoms with E-state index >= 15 is 0 Å². The Hall–Kier alpha value is -2.30. The van der Waals surface area contributed by atoms with Crippen LogP contribution in [0.25, 0.3) is 5.76 Å². The number of nitro benzene ring substituents is 1. The number of benzene rings is 1. The molecule has 0 unspecified atom stereocenters. The van der Waals surface area contributed by atoms with Crippen molar-refractivity contribution in [2.45, 2.75) is 6.92 Å². The van der Waals surface area contributed by atoms with Gasteiger partial charge in [-0.05, 0) is 13.0 Å². The van der Waals surface area contributed by atoms with Gasteiger partial charge in [0.2, 0.25) is 0 Å². The first-order valence-electron chi connectivity index (χ1n) is 5.99. The van der Waals surface area contributed by atoms with E-state index in [2.05, 4.69) is 4.74 Å². The van der Waals surface area contributed by atoms with Gasteiger partial charge in [-0.25, -0.2) is 4.79 Å². The SMILES string of the molecule is CCOC(=O)C(=O)C1=C([O-])c2cc([N+](=O)[O-])ccc2OC1.[Li+]. The zero-order valence-corrected chi connectivity index (χ0v) is 12.0. The van der Waals surface area contributed by atoms with Gasteiger partial charge in [0.15, 0.2) is 0 Å². The van der Waals surface area contributed by atoms with Crippen LogP contribution < -0.4 is 28.7 Å². The molecule has 1 heterocycles. The number of ether oxygens (including phenoxy) is 2. The van der Waals surface area contributed by atoms with Gasteiger partial charge in [-0.2, -0.15) is 0 Å². The molecule has 22 heavy (non-hydrogen) atoms. The summed E-state index contributed by atoms with van der Waals surface area (Å²) in [5.41, 5.74) is -0.833. The minimum atomic E-state index is -1.15. The molecule has 0 atom stereocenters. The minimum absolute atomic E-state index is 0. The molecule has 0 N–H and O–H groups in total. The van der Waals surface area contributed by atoms with E-state index in [0.717, 1.165) is 6.07 Å². The first-order valence-corrected chi connectivity index (χ1v) is 5.99. The summed E-state index contributed by atoms with van der Waals surface area (Å²) in [6.45, 7) is 1.14. The van der Waals surface area contributed by atoms with Gasteiger partial charge in [-0.3, -0.25) is 14.9 Å². The number of Topliss-reactive ketones (excluding diaryl/α,β-unsaturated/α-hetero) is 1. The van der Waals surface area contributed by atoms with Crippen molar-refractivity contribution in [1.82, 2.24) is 0 Å². The number of fused-ring (bicyclic) bond motifs is 1. The molecule has 0 radical (unpaired) electrons. The quantitative estimate of drug-likeness (QED) is 0.193. The number of nitrogens with zero attached hydrogens (tertiary/aromatic N) is 1. The molecule has 1 aliphatic heterocycles. The topological polar surface area (TPSA) is 119 Å². The van der Waals surface area contributed by atoms with E-state index in [1.165, 1.54) is 19.1 Å². The van der Waals surface area contributed by atoms with E-state index in [9.17, 15) is 24.8 Å². The van der Waals surface area contributed by atoms with Crippen molar-refractivity contribution < 1.29 is 48.0 Å². The van der Waals surface area contributed by atoms with Crippen molar-refractivity contribution in [2.75, 3.05) is 13.2 Å². The monoisotopic (exact) mass is 299 g/mol. The third-order valence-corrected chi connectivity index (χ3v) is 2.80. The maximum atomic E-state index is 12.2. The Morgan fingerprint density at radius 2 is 2.09 bits per heavy atom. The van der Waals surface area contributed by atoms with Crippen molar-refractivity contribution in [3.05, 3.63) is 39.4 Å². The van der Waals surface area contributed by atoms with Gasteiger partial charge in [-0.1, -0.05) is 5.76 Å². The van der Waals surface area contributed by atoms with E-state index in [1.54, 1.807) is 0 Å². The second-order valence-electron chi connectivity index (χ2n) is 4.08. The molecule has 1 aromatic carbocycles. The third kappa shape index (κ3) is 3.29. The molecule has 0 bridgehead atoms. The van der Waals surface area contributed by atoms with Gasteiger partial charge in [0.1, 0.15) is 12.4 Å². The predicted molar refractivity (Wildman–Crippen MR) is 67.2 cm³/mol. The van der Waals surface area contributed by atoms with Crippen molar-refractivity contribution in [1.29, 1.82) is 0 Å². The smallest absolute Gasteiger partial charge is 0.872 e. The van der Waals surface area contributed by atoms with Crippen LogP contribution in [0.15, 0.2) is 23.8 Å². The largest absolute Gasteiger partial charge is 1.00 e. The van der Waals surface area contributed by atoms with Crippen molar-refractivity contribution in [3.8, 4) is 5.75 Å². The molecule has 2 rings (SSSR count). The number of hydrogen-bond acceptors (Lipinski definition) is 7. The first kappa shape index (κ1) is 17.7. The summed E-state index contributed by atoms with van der Waals surface area (Å²) in [6, 6.07) is 3.47. The molecule has 0 saturated heterocycles. The van der Waals surface area contributed by atoms with Crippen LogP contribution in [0.4, 0.5) is 5.69 Å². The number of esters is 1. The molecular formula is C13H10LiNO7. The Morgan fingerprint density at radius 3 is 2.68 bits per heavy atom. The Bertz CT molecular complexity index is 668. The van der Waals surface area contributed by atoms with Gasteiger partial charge in [0, 0.05) is 23.3 Å². The van der Waals surface area contributed by atoms with Gasteiger partial charge in [0.05, 0.1) is 11.5 Å². The Labute approximate surface area is 137 Å². The summed E-state index contributed by atoms with van der Waals surface area (Å²) in [6.07, 6.45) is 0. The van der Waals surface area contributed by atoms with Gasteiger partial charge >= 0.3 is 24.8 Å². The zero-order valence-electron chi connectivity index (χ0n) is 12.0. The first-order chi connectivity index (χ1) is 9.95. The van der Waals surface area contributed by atoms with E-state index in [4.69, 9.17) is 4.74 Å². The van der Waals surface area contributed by atoms with E-state index < -0.39 is 28.0 Å². The van der Waals surface area contributed by atoms with Crippen LogP contribution in [0.2, 0.25) is 0 Å². The predicted octanol–water partition coefficient (Wildman–Crippen LogP) is -2.81. The standard InChI is InChI=1S/C13H11NO7.Li/c1-2-20-13(17)12(16)9-6-21-10-4-3-7(14(18)19)5-8(10)11(9)15;/h3-5,15H,2,6H2,1H3;/q;+1/p-1. The maximum Gasteiger partial charge on any atom is 1.00 e. The van der Waals surface area contributed by atoms with Gasteiger partial charge < -0.3 is 14.6 Å². The van der Waals surface area contributed by atoms with Crippen LogP contribution in [0.5, 0.6) is 5.75 Å². The third-order valence-electron chi connectivity index (χ3n) is 2.80. The fourth-order valence-corrected chi connectivity index (χ4v) is 1.80. The number of rotatable bonds is 4. The molecule has 110 valence electrons. The molecule has 1 aliphatic rings. The second kappa shape index (κ2) is 7.11. The van der Waals surface area contributed by atoms with Crippen LogP contribution in [-0.2, 0) is 14.3 Å². The molecule has 0 aromatic heterocycles. The summed E-state index contributed by atoms with van der Waals surface area (Å²) >= 11 is 0. The van der Waals surface area contributed by atoms with Crippen LogP contribution in [0.1, 0.15) is 12.5 Å². The molecular weight excluding hydrogens is 289 g/mol. The maximum absolute atomic E-state index is 12.2. The van der Waals surface area contributed by atoms with Crippen molar-refractivity contribution >= 4 is 23.2 Å². The normalized spacial score (nSPS) is 12.6. The minimum Gasteiger partial charge on any atom is -0.872 e. The number of non-ortho nitro benzene ring substituents is 1. The summed E-state index contributed by atoms with van der Waals surface area (Å²) in [5.74, 6) is -2.89. The summed E-state index contributed by atoms with van der Waals surface area (Å²) in [5, 5.41) is 22.9.